The minimum Gasteiger partial charge on any atom is -0.481 e. The Morgan fingerprint density at radius 3 is 2.38 bits per heavy atom. The summed E-state index contributed by atoms with van der Waals surface area (Å²) in [5, 5.41) is 24.3. The largest absolute Gasteiger partial charge is 0.481 e. The summed E-state index contributed by atoms with van der Waals surface area (Å²) in [4.78, 5) is 22.1. The second-order valence-corrected chi connectivity index (χ2v) is 12.6. The Morgan fingerprint density at radius 1 is 1.23 bits per heavy atom. The first kappa shape index (κ1) is 33.1. The fourth-order valence-electron chi connectivity index (χ4n) is 4.61. The molecular weight excluding hydrogens is 502 g/mol. The molecule has 40 heavy (non-hydrogen) atoms. The van der Waals surface area contributed by atoms with Gasteiger partial charge in [0.25, 0.3) is 0 Å². The van der Waals surface area contributed by atoms with Crippen LogP contribution in [0.2, 0.25) is 0 Å². The molecule has 0 aliphatic heterocycles. The Kier molecular flexibility index (Phi) is 12.9. The third-order valence-corrected chi connectivity index (χ3v) is 7.88. The third-order valence-electron chi connectivity index (χ3n) is 7.88. The van der Waals surface area contributed by atoms with Gasteiger partial charge < -0.3 is 14.9 Å². The second kappa shape index (κ2) is 15.6. The molecule has 2 saturated carbocycles. The maximum atomic E-state index is 12.5. The van der Waals surface area contributed by atoms with Gasteiger partial charge in [0.15, 0.2) is 0 Å². The number of hydrogen-bond acceptors (Lipinski definition) is 5. The number of carbonyl (C=O) groups excluding carboxylic acids is 1. The fourth-order valence-corrected chi connectivity index (χ4v) is 4.61. The smallest absolute Gasteiger partial charge is 0.303 e. The van der Waals surface area contributed by atoms with Crippen molar-refractivity contribution in [2.24, 2.45) is 17.3 Å². The monoisotopic (exact) mass is 551 g/mol. The topological polar surface area (TPSA) is 116 Å². The van der Waals surface area contributed by atoms with Crippen LogP contribution in [-0.2, 0) is 9.59 Å². The highest BCUT2D eigenvalue weighted by molar-refractivity contribution is 5.92. The molecule has 0 spiro atoms. The molecule has 2 aliphatic carbocycles. The number of carboxylic acid groups (broad SMARTS) is 1. The Hall–Kier alpha value is -3.14. The molecule has 0 radical (unpaired) electrons. The zero-order valence-corrected chi connectivity index (χ0v) is 25.5. The predicted molar refractivity (Wildman–Crippen MR) is 159 cm³/mol. The van der Waals surface area contributed by atoms with E-state index < -0.39 is 5.97 Å². The van der Waals surface area contributed by atoms with Crippen molar-refractivity contribution in [1.82, 2.24) is 5.16 Å². The molecule has 4 rings (SSSR count). The first-order chi connectivity index (χ1) is 18.9. The van der Waals surface area contributed by atoms with Crippen LogP contribution in [0.4, 0.5) is 5.69 Å². The zero-order chi connectivity index (χ0) is 29.9. The van der Waals surface area contributed by atoms with Crippen LogP contribution in [-0.4, -0.2) is 22.1 Å². The van der Waals surface area contributed by atoms with Gasteiger partial charge in [-0.3, -0.25) is 9.59 Å². The number of aryl methyl sites for hydroxylation is 1. The van der Waals surface area contributed by atoms with Crippen molar-refractivity contribution in [2.75, 3.05) is 5.32 Å². The van der Waals surface area contributed by atoms with Crippen LogP contribution < -0.4 is 5.32 Å². The van der Waals surface area contributed by atoms with E-state index in [1.807, 2.05) is 32.9 Å². The van der Waals surface area contributed by atoms with E-state index in [1.165, 1.54) is 25.7 Å². The van der Waals surface area contributed by atoms with Gasteiger partial charge in [-0.1, -0.05) is 72.0 Å². The minimum absolute atomic E-state index is 0.0478. The van der Waals surface area contributed by atoms with Gasteiger partial charge in [0, 0.05) is 30.7 Å². The van der Waals surface area contributed by atoms with Gasteiger partial charge in [0.2, 0.25) is 5.91 Å². The Bertz CT molecular complexity index is 1140. The molecule has 1 aromatic carbocycles. The normalized spacial score (nSPS) is 18.6. The quantitative estimate of drug-likeness (QED) is 0.305. The van der Waals surface area contributed by atoms with E-state index in [2.05, 4.69) is 44.2 Å². The summed E-state index contributed by atoms with van der Waals surface area (Å²) in [6.07, 6.45) is 9.09. The van der Waals surface area contributed by atoms with Crippen LogP contribution in [0, 0.1) is 35.5 Å². The molecule has 1 heterocycles. The first-order valence-corrected chi connectivity index (χ1v) is 14.9. The molecule has 0 saturated heterocycles. The number of rotatable bonds is 10. The number of aliphatic carboxylic acids is 1. The van der Waals surface area contributed by atoms with Crippen molar-refractivity contribution in [3.63, 3.8) is 0 Å². The molecule has 7 heteroatoms. The molecule has 1 unspecified atom stereocenters. The molecule has 2 N–H and O–H groups in total. The van der Waals surface area contributed by atoms with Crippen molar-refractivity contribution in [3.05, 3.63) is 46.8 Å². The highest BCUT2D eigenvalue weighted by Crippen LogP contribution is 2.47. The summed E-state index contributed by atoms with van der Waals surface area (Å²) >= 11 is 0. The number of hydrogen-bond donors (Lipinski definition) is 2. The summed E-state index contributed by atoms with van der Waals surface area (Å²) in [5.41, 5.74) is 3.25. The Morgan fingerprint density at radius 2 is 1.88 bits per heavy atom. The highest BCUT2D eigenvalue weighted by atomic mass is 16.5. The van der Waals surface area contributed by atoms with E-state index in [4.69, 9.17) is 9.63 Å². The van der Waals surface area contributed by atoms with Gasteiger partial charge in [-0.25, -0.2) is 0 Å². The minimum atomic E-state index is -0.711. The van der Waals surface area contributed by atoms with Gasteiger partial charge in [-0.2, -0.15) is 5.26 Å². The summed E-state index contributed by atoms with van der Waals surface area (Å²) < 4.78 is 5.62. The summed E-state index contributed by atoms with van der Waals surface area (Å²) in [7, 11) is 0. The number of aromatic nitrogens is 1. The lowest BCUT2D eigenvalue weighted by Gasteiger charge is -2.38. The van der Waals surface area contributed by atoms with E-state index in [0.29, 0.717) is 35.4 Å². The molecule has 2 aromatic rings. The maximum Gasteiger partial charge on any atom is 0.303 e. The van der Waals surface area contributed by atoms with E-state index in [1.54, 1.807) is 12.1 Å². The molecule has 220 valence electrons. The highest BCUT2D eigenvalue weighted by Gasteiger charge is 2.36. The van der Waals surface area contributed by atoms with E-state index in [9.17, 15) is 14.9 Å². The molecule has 2 fully saturated rings. The van der Waals surface area contributed by atoms with Crippen LogP contribution in [0.3, 0.4) is 0 Å². The molecule has 0 bridgehead atoms. The fraction of sp³-hybridized carbons (Fsp3) is 0.636. The van der Waals surface area contributed by atoms with Crippen LogP contribution in [0.25, 0.3) is 0 Å². The second-order valence-electron chi connectivity index (χ2n) is 12.6. The summed E-state index contributed by atoms with van der Waals surface area (Å²) in [6, 6.07) is 9.59. The summed E-state index contributed by atoms with van der Waals surface area (Å²) in [5.74, 6) is 2.37. The number of nitrogens with zero attached hydrogens (tertiary/aromatic N) is 2. The number of nitrogens with one attached hydrogen (secondary N) is 1. The maximum absolute atomic E-state index is 12.5. The van der Waals surface area contributed by atoms with Gasteiger partial charge in [0.1, 0.15) is 11.8 Å². The lowest BCUT2D eigenvalue weighted by atomic mass is 9.66. The lowest BCUT2D eigenvalue weighted by molar-refractivity contribution is -0.137. The first-order valence-electron chi connectivity index (χ1n) is 14.9. The Labute approximate surface area is 240 Å². The number of benzene rings is 1. The molecule has 7 nitrogen and oxygen atoms in total. The van der Waals surface area contributed by atoms with Gasteiger partial charge in [-0.05, 0) is 67.6 Å². The summed E-state index contributed by atoms with van der Waals surface area (Å²) in [6.45, 7) is 15.0. The van der Waals surface area contributed by atoms with Crippen molar-refractivity contribution in [3.8, 4) is 6.07 Å². The van der Waals surface area contributed by atoms with Crippen LogP contribution >= 0.6 is 0 Å². The van der Waals surface area contributed by atoms with Crippen molar-refractivity contribution in [2.45, 2.75) is 118 Å². The number of carboxylic acids is 1. The molecular formula is C33H49N3O4. The van der Waals surface area contributed by atoms with Crippen molar-refractivity contribution >= 4 is 17.6 Å². The van der Waals surface area contributed by atoms with E-state index in [0.717, 1.165) is 48.1 Å². The van der Waals surface area contributed by atoms with E-state index >= 15 is 0 Å². The van der Waals surface area contributed by atoms with Gasteiger partial charge in [-0.15, -0.1) is 0 Å². The molecule has 1 aromatic heterocycles. The van der Waals surface area contributed by atoms with Crippen LogP contribution in [0.5, 0.6) is 0 Å². The van der Waals surface area contributed by atoms with Gasteiger partial charge in [0.05, 0.1) is 16.9 Å². The molecule has 1 amide bonds. The molecule has 1 atom stereocenters. The number of anilines is 1. The number of carbonyl (C=O) groups is 2. The zero-order valence-electron chi connectivity index (χ0n) is 25.5. The molecule has 2 aliphatic rings. The average molecular weight is 552 g/mol. The lowest BCUT2D eigenvalue weighted by Crippen LogP contribution is -2.26. The predicted octanol–water partition coefficient (Wildman–Crippen LogP) is 8.59. The van der Waals surface area contributed by atoms with Crippen molar-refractivity contribution < 1.29 is 19.2 Å². The Balaban J connectivity index is 0.000000473. The van der Waals surface area contributed by atoms with Crippen LogP contribution in [0.15, 0.2) is 28.8 Å². The SMILES string of the molecule is CC1CC1.CCC(C)(C)CC1CC(c2cc(C(C)CC(=O)Nc3ccc(C)cc3C#N)no2)C1.CCCC(=O)O. The van der Waals surface area contributed by atoms with Gasteiger partial charge >= 0.3 is 5.97 Å². The number of amides is 1. The standard InChI is InChI=1S/C25H33N3O2.C4H8O2.C4H8/c1-6-25(4,5)14-18-11-19(12-18)23-13-22(28-30-23)17(3)10-24(29)27-21-8-7-16(2)9-20(21)15-26;1-2-3-4(5)6;1-4-2-3-4/h7-9,13,17-19H,6,10-12,14H2,1-5H3,(H,27,29);2-3H2,1H3,(H,5,6);4H,2-3H2,1H3. The third kappa shape index (κ3) is 11.5. The van der Waals surface area contributed by atoms with Crippen LogP contribution in [0.1, 0.15) is 134 Å². The number of nitriles is 1. The van der Waals surface area contributed by atoms with Crippen molar-refractivity contribution in [1.29, 1.82) is 5.26 Å². The average Bonchev–Trinajstić information content (AvgIpc) is 3.49. The van der Waals surface area contributed by atoms with E-state index in [-0.39, 0.29) is 11.8 Å².